The van der Waals surface area contributed by atoms with Gasteiger partial charge in [-0.25, -0.2) is 24.9 Å². The van der Waals surface area contributed by atoms with E-state index in [9.17, 15) is 19.8 Å². The van der Waals surface area contributed by atoms with Gasteiger partial charge in [0.1, 0.15) is 70.5 Å². The number of phenolic OH excluding ortho intramolecular Hbond substituents is 2. The Morgan fingerprint density at radius 1 is 0.500 bits per heavy atom. The first-order valence-electron chi connectivity index (χ1n) is 17.9. The number of nitrogens with one attached hydrogen (secondary N) is 2. The molecule has 2 aromatic carbocycles. The van der Waals surface area contributed by atoms with Crippen LogP contribution in [0.2, 0.25) is 0 Å². The third kappa shape index (κ3) is 6.76. The maximum atomic E-state index is 13.8. The number of aryl methyl sites for hydroxylation is 4. The molecule has 0 saturated heterocycles. The fraction of sp³-hybridized carbons (Fsp3) is 0.200. The lowest BCUT2D eigenvalue weighted by atomic mass is 10.1. The highest BCUT2D eigenvalue weighted by Crippen LogP contribution is 2.35. The zero-order valence-electron chi connectivity index (χ0n) is 31.2. The molecule has 18 heteroatoms. The first-order valence-corrected chi connectivity index (χ1v) is 17.9. The van der Waals surface area contributed by atoms with Crippen molar-refractivity contribution in [3.8, 4) is 57.8 Å². The smallest absolute Gasteiger partial charge is 0.284 e. The molecule has 2 atom stereocenters. The molecule has 0 fully saturated rings. The molecule has 18 nitrogen and oxygen atoms in total. The number of nitrogens with zero attached hydrogens (tertiary/aromatic N) is 6. The van der Waals surface area contributed by atoms with Gasteiger partial charge in [0.15, 0.2) is 22.8 Å². The van der Waals surface area contributed by atoms with Gasteiger partial charge < -0.3 is 47.3 Å². The van der Waals surface area contributed by atoms with Gasteiger partial charge in [-0.2, -0.15) is 4.98 Å². The molecule has 0 unspecified atom stereocenters. The van der Waals surface area contributed by atoms with Crippen LogP contribution in [0, 0.1) is 27.7 Å². The molecule has 0 spiro atoms. The van der Waals surface area contributed by atoms with Gasteiger partial charge in [0.05, 0.1) is 0 Å². The molecule has 58 heavy (non-hydrogen) atoms. The van der Waals surface area contributed by atoms with Crippen LogP contribution in [0.5, 0.6) is 11.5 Å². The Labute approximate surface area is 327 Å². The number of amides is 2. The second-order valence-electron chi connectivity index (χ2n) is 13.6. The van der Waals surface area contributed by atoms with Gasteiger partial charge in [0, 0.05) is 12.8 Å². The number of fused-ring (bicyclic) bond motifs is 16. The van der Waals surface area contributed by atoms with E-state index in [0.29, 0.717) is 34.4 Å². The summed E-state index contributed by atoms with van der Waals surface area (Å²) in [5.41, 5.74) is 2.53. The highest BCUT2D eigenvalue weighted by Gasteiger charge is 2.31. The Kier molecular flexibility index (Phi) is 8.71. The van der Waals surface area contributed by atoms with Gasteiger partial charge in [0.25, 0.3) is 23.6 Å². The minimum atomic E-state index is -0.837. The first kappa shape index (κ1) is 35.9. The number of aromatic hydroxyl groups is 2. The van der Waals surface area contributed by atoms with Crippen LogP contribution in [0.25, 0.3) is 46.3 Å². The van der Waals surface area contributed by atoms with Gasteiger partial charge in [-0.3, -0.25) is 9.59 Å². The van der Waals surface area contributed by atoms with Crippen LogP contribution in [0.1, 0.15) is 79.0 Å². The average Bonchev–Trinajstić information content (AvgIpc) is 4.06. The van der Waals surface area contributed by atoms with Gasteiger partial charge in [-0.1, -0.05) is 24.3 Å². The number of carbonyl (C=O) groups is 2. The van der Waals surface area contributed by atoms with Crippen LogP contribution < -0.4 is 10.6 Å². The molecule has 0 radical (unpaired) electrons. The molecule has 12 bridgehead atoms. The number of benzene rings is 2. The second-order valence-corrected chi connectivity index (χ2v) is 13.6. The SMILES string of the molecule is Cc1oc2nc1-c1nc(co1)C(=O)N[C@@H](Cc1ccc(O)cc1)c1nc(c(C)o1)-c1nc(oc1C)-c1nc(co1)C(=O)N[C@@H](Cc1ccc(O)cc1)c1nc-2c(C)o1. The summed E-state index contributed by atoms with van der Waals surface area (Å²) in [6.45, 7) is 6.72. The summed E-state index contributed by atoms with van der Waals surface area (Å²) in [4.78, 5) is 55.0. The summed E-state index contributed by atoms with van der Waals surface area (Å²) < 4.78 is 35.6. The summed E-state index contributed by atoms with van der Waals surface area (Å²) in [5.74, 6) is 0.677. The molecular weight excluding hydrogens is 752 g/mol. The van der Waals surface area contributed by atoms with Crippen LogP contribution in [-0.2, 0) is 12.8 Å². The van der Waals surface area contributed by atoms with E-state index < -0.39 is 23.9 Å². The Bertz CT molecular complexity index is 2820. The molecule has 0 aliphatic carbocycles. The third-order valence-electron chi connectivity index (χ3n) is 9.46. The van der Waals surface area contributed by atoms with Crippen LogP contribution in [0.15, 0.2) is 87.6 Å². The highest BCUT2D eigenvalue weighted by molar-refractivity contribution is 5.93. The topological polar surface area (TPSA) is 255 Å². The monoisotopic (exact) mass is 784 g/mol. The van der Waals surface area contributed by atoms with Gasteiger partial charge in [-0.05, 0) is 63.1 Å². The summed E-state index contributed by atoms with van der Waals surface area (Å²) in [7, 11) is 0. The fourth-order valence-corrected chi connectivity index (χ4v) is 6.52. The van der Waals surface area contributed by atoms with E-state index in [1.807, 2.05) is 0 Å². The maximum Gasteiger partial charge on any atom is 0.284 e. The van der Waals surface area contributed by atoms with E-state index >= 15 is 0 Å². The van der Waals surface area contributed by atoms with E-state index in [1.165, 1.54) is 36.8 Å². The van der Waals surface area contributed by atoms with Crippen molar-refractivity contribution in [3.63, 3.8) is 0 Å². The second kappa shape index (κ2) is 14.1. The maximum absolute atomic E-state index is 13.8. The van der Waals surface area contributed by atoms with Crippen LogP contribution >= 0.6 is 0 Å². The van der Waals surface area contributed by atoms with E-state index in [2.05, 4.69) is 35.6 Å². The van der Waals surface area contributed by atoms with Gasteiger partial charge >= 0.3 is 0 Å². The minimum Gasteiger partial charge on any atom is -0.508 e. The molecular formula is C40H32N8O10. The lowest BCUT2D eigenvalue weighted by Gasteiger charge is -2.15. The third-order valence-corrected chi connectivity index (χ3v) is 9.46. The Morgan fingerprint density at radius 3 is 1.50 bits per heavy atom. The molecule has 4 N–H and O–H groups in total. The molecule has 1 aliphatic rings. The number of aromatic nitrogens is 6. The zero-order chi connectivity index (χ0) is 40.2. The number of oxazole rings is 6. The number of phenols is 2. The predicted molar refractivity (Wildman–Crippen MR) is 198 cm³/mol. The van der Waals surface area contributed by atoms with Crippen molar-refractivity contribution in [3.05, 3.63) is 118 Å². The molecule has 292 valence electrons. The molecule has 2 amide bonds. The fourth-order valence-electron chi connectivity index (χ4n) is 6.52. The molecule has 1 aliphatic heterocycles. The lowest BCUT2D eigenvalue weighted by Crippen LogP contribution is -2.30. The van der Waals surface area contributed by atoms with Crippen LogP contribution in [0.4, 0.5) is 0 Å². The van der Waals surface area contributed by atoms with Crippen LogP contribution in [-0.4, -0.2) is 51.9 Å². The Hall–Kier alpha value is -7.76. The van der Waals surface area contributed by atoms with Gasteiger partial charge in [0.2, 0.25) is 23.6 Å². The summed E-state index contributed by atoms with van der Waals surface area (Å²) in [5, 5.41) is 25.6. The highest BCUT2D eigenvalue weighted by atomic mass is 16.4. The molecule has 9 rings (SSSR count). The van der Waals surface area contributed by atoms with Crippen molar-refractivity contribution in [2.24, 2.45) is 0 Å². The molecule has 8 aromatic rings. The molecule has 7 heterocycles. The summed E-state index contributed by atoms with van der Waals surface area (Å²) in [6.07, 6.45) is 2.82. The normalized spacial score (nSPS) is 15.5. The van der Waals surface area contributed by atoms with E-state index in [1.54, 1.807) is 52.0 Å². The largest absolute Gasteiger partial charge is 0.508 e. The average molecular weight is 785 g/mol. The molecule has 6 aromatic heterocycles. The van der Waals surface area contributed by atoms with Crippen LogP contribution in [0.3, 0.4) is 0 Å². The zero-order valence-corrected chi connectivity index (χ0v) is 31.2. The summed E-state index contributed by atoms with van der Waals surface area (Å²) in [6, 6.07) is 11.4. The van der Waals surface area contributed by atoms with Gasteiger partial charge in [-0.15, -0.1) is 0 Å². The van der Waals surface area contributed by atoms with Crippen molar-refractivity contribution in [1.82, 2.24) is 40.5 Å². The standard InChI is InChI=1S/C40H32N8O10/c1-17-29-30-18(2)58-40(46-30)39-44-28(16-54-39)34(52)42-26(14-22-7-11-24(50)12-8-22)36-47-32(20(4)56-36)38-48-31(19(3)57-38)37-43-27(15-53-37)33(51)41-25(35(45-29)55-17)13-21-5-9-23(49)10-6-21/h5-12,15-16,25-26,49-50H,13-14H2,1-4H3,(H,41,51)(H,42,52)/t25-,26-/m0/s1. The predicted octanol–water partition coefficient (Wildman–Crippen LogP) is 6.67. The number of carbonyl (C=O) groups excluding carboxylic acids is 2. The van der Waals surface area contributed by atoms with Crippen molar-refractivity contribution >= 4 is 11.8 Å². The minimum absolute atomic E-state index is 0.0135. The van der Waals surface area contributed by atoms with E-state index in [0.717, 1.165) is 11.1 Å². The summed E-state index contributed by atoms with van der Waals surface area (Å²) >= 11 is 0. The van der Waals surface area contributed by atoms with E-state index in [4.69, 9.17) is 31.5 Å². The van der Waals surface area contributed by atoms with Crippen molar-refractivity contribution in [1.29, 1.82) is 0 Å². The Balaban J connectivity index is 1.14. The lowest BCUT2D eigenvalue weighted by molar-refractivity contribution is 0.0917. The molecule has 0 saturated carbocycles. The van der Waals surface area contributed by atoms with Crippen molar-refractivity contribution in [2.45, 2.75) is 52.6 Å². The number of rotatable bonds is 4. The van der Waals surface area contributed by atoms with E-state index in [-0.39, 0.29) is 82.5 Å². The quantitative estimate of drug-likeness (QED) is 0.145. The first-order chi connectivity index (χ1) is 27.9. The Morgan fingerprint density at radius 2 is 0.914 bits per heavy atom. The number of hydrogen-bond donors (Lipinski definition) is 4. The van der Waals surface area contributed by atoms with Crippen molar-refractivity contribution < 1.29 is 46.3 Å². The van der Waals surface area contributed by atoms with Crippen molar-refractivity contribution in [2.75, 3.05) is 0 Å². The number of hydrogen-bond acceptors (Lipinski definition) is 16.